The van der Waals surface area contributed by atoms with Crippen molar-refractivity contribution < 1.29 is 13.2 Å². The number of hydrogen-bond donors (Lipinski definition) is 2. The lowest BCUT2D eigenvalue weighted by Gasteiger charge is -2.19. The van der Waals surface area contributed by atoms with Crippen molar-refractivity contribution >= 4 is 41.3 Å². The number of benzene rings is 1. The summed E-state index contributed by atoms with van der Waals surface area (Å²) in [6.45, 7) is 7.91. The molecule has 0 aliphatic carbocycles. The summed E-state index contributed by atoms with van der Waals surface area (Å²) in [4.78, 5) is 12.5. The van der Waals surface area contributed by atoms with Gasteiger partial charge in [-0.15, -0.1) is 35.3 Å². The van der Waals surface area contributed by atoms with Crippen LogP contribution in [0, 0.1) is 6.92 Å². The Hall–Kier alpha value is -1.40. The van der Waals surface area contributed by atoms with E-state index in [1.54, 1.807) is 23.5 Å². The van der Waals surface area contributed by atoms with Gasteiger partial charge in [-0.05, 0) is 38.0 Å². The minimum atomic E-state index is -4.29. The maximum Gasteiger partial charge on any atom is 0.416 e. The van der Waals surface area contributed by atoms with Crippen LogP contribution in [0.4, 0.5) is 13.2 Å². The molecule has 0 radical (unpaired) electrons. The zero-order valence-electron chi connectivity index (χ0n) is 17.7. The average Bonchev–Trinajstić information content (AvgIpc) is 3.30. The van der Waals surface area contributed by atoms with E-state index >= 15 is 0 Å². The van der Waals surface area contributed by atoms with Crippen LogP contribution in [0.15, 0.2) is 35.5 Å². The number of guanidine groups is 1. The molecule has 1 atom stereocenters. The van der Waals surface area contributed by atoms with Crippen LogP contribution in [0.1, 0.15) is 34.4 Å². The molecule has 1 unspecified atom stereocenters. The first kappa shape index (κ1) is 25.9. The molecule has 1 saturated heterocycles. The van der Waals surface area contributed by atoms with Crippen LogP contribution in [0.3, 0.4) is 0 Å². The highest BCUT2D eigenvalue weighted by molar-refractivity contribution is 14.0. The normalized spacial score (nSPS) is 17.5. The Balaban J connectivity index is 0.00000341. The number of rotatable bonds is 7. The van der Waals surface area contributed by atoms with Crippen molar-refractivity contribution in [2.75, 3.05) is 26.2 Å². The van der Waals surface area contributed by atoms with Crippen LogP contribution in [-0.4, -0.2) is 48.1 Å². The number of aliphatic imine (C=N–C) groups is 1. The zero-order valence-corrected chi connectivity index (χ0v) is 20.9. The van der Waals surface area contributed by atoms with Crippen molar-refractivity contribution in [1.82, 2.24) is 20.5 Å². The van der Waals surface area contributed by atoms with Gasteiger partial charge in [0.05, 0.1) is 10.6 Å². The molecule has 5 nitrogen and oxygen atoms in total. The summed E-state index contributed by atoms with van der Waals surface area (Å²) in [5.41, 5.74) is 0.287. The highest BCUT2D eigenvalue weighted by Gasteiger charge is 2.30. The number of aromatic nitrogens is 1. The van der Waals surface area contributed by atoms with E-state index in [1.807, 2.05) is 20.0 Å². The quantitative estimate of drug-likeness (QED) is 0.295. The fourth-order valence-electron chi connectivity index (χ4n) is 3.45. The van der Waals surface area contributed by atoms with Gasteiger partial charge in [0.2, 0.25) is 0 Å². The number of nitrogens with one attached hydrogen (secondary N) is 2. The minimum absolute atomic E-state index is 0. The molecule has 31 heavy (non-hydrogen) atoms. The van der Waals surface area contributed by atoms with Crippen molar-refractivity contribution in [3.05, 3.63) is 51.5 Å². The summed E-state index contributed by atoms with van der Waals surface area (Å²) < 4.78 is 38.1. The Morgan fingerprint density at radius 1 is 1.29 bits per heavy atom. The predicted octanol–water partition coefficient (Wildman–Crippen LogP) is 4.46. The van der Waals surface area contributed by atoms with Crippen molar-refractivity contribution in [1.29, 1.82) is 0 Å². The molecule has 3 rings (SSSR count). The summed E-state index contributed by atoms with van der Waals surface area (Å²) in [5.74, 6) is 0.798. The number of halogens is 4. The second-order valence-electron chi connectivity index (χ2n) is 7.44. The van der Waals surface area contributed by atoms with Crippen LogP contribution in [0.5, 0.6) is 0 Å². The number of hydrogen-bond acceptors (Lipinski definition) is 4. The van der Waals surface area contributed by atoms with E-state index in [1.165, 1.54) is 4.88 Å². The second-order valence-corrected chi connectivity index (χ2v) is 8.75. The van der Waals surface area contributed by atoms with Gasteiger partial charge in [-0.1, -0.05) is 12.1 Å². The molecule has 1 fully saturated rings. The van der Waals surface area contributed by atoms with Gasteiger partial charge in [0.15, 0.2) is 5.96 Å². The maximum atomic E-state index is 12.7. The van der Waals surface area contributed by atoms with Gasteiger partial charge >= 0.3 is 6.18 Å². The molecule has 1 aliphatic heterocycles. The largest absolute Gasteiger partial charge is 0.416 e. The fraction of sp³-hybridized carbons (Fsp3) is 0.524. The Bertz CT molecular complexity index is 838. The number of likely N-dealkylation sites (tertiary alicyclic amines) is 1. The van der Waals surface area contributed by atoms with E-state index in [0.29, 0.717) is 13.1 Å². The standard InChI is InChI=1S/C21H28F3N5S.HI/c1-3-25-20(26-10-8-19-27-12-15(2)30-19)28-18-9-11-29(14-18)13-16-4-6-17(7-5-16)21(22,23)24;/h4-7,12,18H,3,8-11,13-14H2,1-2H3,(H2,25,26,28);1H. The topological polar surface area (TPSA) is 52.6 Å². The van der Waals surface area contributed by atoms with Crippen LogP contribution >= 0.6 is 35.3 Å². The number of thiazole rings is 1. The van der Waals surface area contributed by atoms with Gasteiger partial charge in [-0.3, -0.25) is 9.89 Å². The first-order valence-electron chi connectivity index (χ1n) is 10.2. The highest BCUT2D eigenvalue weighted by Crippen LogP contribution is 2.29. The number of alkyl halides is 3. The van der Waals surface area contributed by atoms with Crippen molar-refractivity contribution in [2.45, 2.75) is 45.5 Å². The highest BCUT2D eigenvalue weighted by atomic mass is 127. The third-order valence-electron chi connectivity index (χ3n) is 4.91. The van der Waals surface area contributed by atoms with Crippen LogP contribution in [0.2, 0.25) is 0 Å². The first-order chi connectivity index (χ1) is 14.3. The summed E-state index contributed by atoms with van der Waals surface area (Å²) >= 11 is 1.70. The smallest absolute Gasteiger partial charge is 0.357 e. The molecule has 0 spiro atoms. The minimum Gasteiger partial charge on any atom is -0.357 e. The summed E-state index contributed by atoms with van der Waals surface area (Å²) in [5, 5.41) is 7.86. The van der Waals surface area contributed by atoms with Gasteiger partial charge in [0.25, 0.3) is 0 Å². The molecule has 10 heteroatoms. The van der Waals surface area contributed by atoms with Crippen molar-refractivity contribution in [2.24, 2.45) is 4.99 Å². The lowest BCUT2D eigenvalue weighted by Crippen LogP contribution is -2.44. The van der Waals surface area contributed by atoms with E-state index < -0.39 is 11.7 Å². The van der Waals surface area contributed by atoms with E-state index in [2.05, 4.69) is 25.5 Å². The first-order valence-corrected chi connectivity index (χ1v) is 11.0. The predicted molar refractivity (Wildman–Crippen MR) is 130 cm³/mol. The van der Waals surface area contributed by atoms with E-state index in [4.69, 9.17) is 0 Å². The second kappa shape index (κ2) is 12.0. The van der Waals surface area contributed by atoms with Crippen molar-refractivity contribution in [3.8, 4) is 0 Å². The molecule has 2 N–H and O–H groups in total. The SMILES string of the molecule is CCNC(=NCCc1ncc(C)s1)NC1CCN(Cc2ccc(C(F)(F)F)cc2)C1.I. The Morgan fingerprint density at radius 3 is 2.65 bits per heavy atom. The van der Waals surface area contributed by atoms with Crippen molar-refractivity contribution in [3.63, 3.8) is 0 Å². The molecule has 1 aliphatic rings. The summed E-state index contributed by atoms with van der Waals surface area (Å²) in [6, 6.07) is 5.70. The molecule has 2 heterocycles. The molecule has 2 aromatic rings. The van der Waals surface area contributed by atoms with Crippen LogP contribution in [0.25, 0.3) is 0 Å². The molecule has 172 valence electrons. The lowest BCUT2D eigenvalue weighted by molar-refractivity contribution is -0.137. The molecule has 1 aromatic carbocycles. The Morgan fingerprint density at radius 2 is 2.03 bits per heavy atom. The maximum absolute atomic E-state index is 12.7. The Kier molecular flexibility index (Phi) is 10.0. The van der Waals surface area contributed by atoms with Gasteiger partial charge in [-0.25, -0.2) is 4.98 Å². The number of aryl methyl sites for hydroxylation is 1. The van der Waals surface area contributed by atoms with Gasteiger partial charge in [0, 0.05) is 56.3 Å². The Labute approximate surface area is 202 Å². The average molecular weight is 567 g/mol. The fourth-order valence-corrected chi connectivity index (χ4v) is 4.22. The molecular formula is C21H29F3IN5S. The van der Waals surface area contributed by atoms with Gasteiger partial charge in [0.1, 0.15) is 0 Å². The number of nitrogens with zero attached hydrogens (tertiary/aromatic N) is 3. The third-order valence-corrected chi connectivity index (χ3v) is 5.88. The van der Waals surface area contributed by atoms with Gasteiger partial charge < -0.3 is 10.6 Å². The van der Waals surface area contributed by atoms with E-state index in [-0.39, 0.29) is 30.0 Å². The zero-order chi connectivity index (χ0) is 21.6. The van der Waals surface area contributed by atoms with E-state index in [0.717, 1.165) is 61.1 Å². The van der Waals surface area contributed by atoms with E-state index in [9.17, 15) is 13.2 Å². The molecule has 0 bridgehead atoms. The summed E-state index contributed by atoms with van der Waals surface area (Å²) in [6.07, 6.45) is -0.616. The molecular weight excluding hydrogens is 538 g/mol. The molecule has 0 amide bonds. The third kappa shape index (κ3) is 8.23. The monoisotopic (exact) mass is 567 g/mol. The molecule has 0 saturated carbocycles. The lowest BCUT2D eigenvalue weighted by atomic mass is 10.1. The van der Waals surface area contributed by atoms with Crippen LogP contribution in [-0.2, 0) is 19.1 Å². The molecule has 1 aromatic heterocycles. The summed E-state index contributed by atoms with van der Waals surface area (Å²) in [7, 11) is 0. The van der Waals surface area contributed by atoms with Gasteiger partial charge in [-0.2, -0.15) is 13.2 Å². The van der Waals surface area contributed by atoms with Crippen LogP contribution < -0.4 is 10.6 Å².